The minimum Gasteiger partial charge on any atom is -0.339 e. The summed E-state index contributed by atoms with van der Waals surface area (Å²) in [5.74, 6) is 1.12. The van der Waals surface area contributed by atoms with Crippen molar-refractivity contribution in [2.75, 3.05) is 33.7 Å². The summed E-state index contributed by atoms with van der Waals surface area (Å²) in [5.41, 5.74) is 0. The van der Waals surface area contributed by atoms with Crippen LogP contribution in [-0.4, -0.2) is 59.5 Å². The summed E-state index contributed by atoms with van der Waals surface area (Å²) in [4.78, 5) is 19.7. The average molecular weight is 238 g/mol. The highest BCUT2D eigenvalue weighted by atomic mass is 16.5. The molecular formula is C11H18N4O2. The summed E-state index contributed by atoms with van der Waals surface area (Å²) in [6.07, 6.45) is 0.222. The lowest BCUT2D eigenvalue weighted by Gasteiger charge is -2.35. The van der Waals surface area contributed by atoms with Crippen molar-refractivity contribution in [2.24, 2.45) is 0 Å². The van der Waals surface area contributed by atoms with E-state index in [0.717, 1.165) is 19.6 Å². The van der Waals surface area contributed by atoms with Gasteiger partial charge in [0.2, 0.25) is 5.89 Å². The van der Waals surface area contributed by atoms with Gasteiger partial charge in [0.05, 0.1) is 12.5 Å². The quantitative estimate of drug-likeness (QED) is 0.745. The first-order chi connectivity index (χ1) is 8.06. The van der Waals surface area contributed by atoms with Crippen molar-refractivity contribution in [3.8, 4) is 0 Å². The first-order valence-corrected chi connectivity index (χ1v) is 5.77. The Bertz CT molecular complexity index is 404. The number of carbonyl (C=O) groups is 1. The predicted molar refractivity (Wildman–Crippen MR) is 61.6 cm³/mol. The summed E-state index contributed by atoms with van der Waals surface area (Å²) >= 11 is 0. The number of rotatable bonds is 3. The van der Waals surface area contributed by atoms with Crippen LogP contribution in [0.4, 0.5) is 0 Å². The highest BCUT2D eigenvalue weighted by Gasteiger charge is 2.27. The molecule has 1 aliphatic rings. The van der Waals surface area contributed by atoms with E-state index in [1.54, 1.807) is 0 Å². The fourth-order valence-electron chi connectivity index (χ4n) is 1.98. The molecular weight excluding hydrogens is 220 g/mol. The van der Waals surface area contributed by atoms with Gasteiger partial charge in [-0.05, 0) is 21.0 Å². The van der Waals surface area contributed by atoms with Gasteiger partial charge < -0.3 is 9.42 Å². The highest BCUT2D eigenvalue weighted by Crippen LogP contribution is 2.20. The molecule has 17 heavy (non-hydrogen) atoms. The Morgan fingerprint density at radius 1 is 1.47 bits per heavy atom. The van der Waals surface area contributed by atoms with Gasteiger partial charge in [-0.3, -0.25) is 9.69 Å². The van der Waals surface area contributed by atoms with Gasteiger partial charge in [0.1, 0.15) is 5.78 Å². The summed E-state index contributed by atoms with van der Waals surface area (Å²) < 4.78 is 5.09. The predicted octanol–water partition coefficient (Wildman–Crippen LogP) is 0.119. The van der Waals surface area contributed by atoms with E-state index in [4.69, 9.17) is 4.52 Å². The van der Waals surface area contributed by atoms with Crippen LogP contribution in [0.3, 0.4) is 0 Å². The number of piperazine rings is 1. The third kappa shape index (κ3) is 2.89. The van der Waals surface area contributed by atoms with Crippen molar-refractivity contribution in [2.45, 2.75) is 19.4 Å². The lowest BCUT2D eigenvalue weighted by Crippen LogP contribution is -2.45. The fourth-order valence-corrected chi connectivity index (χ4v) is 1.98. The van der Waals surface area contributed by atoms with E-state index in [1.807, 2.05) is 0 Å². The molecule has 1 aliphatic heterocycles. The van der Waals surface area contributed by atoms with Gasteiger partial charge in [0.15, 0.2) is 5.82 Å². The second kappa shape index (κ2) is 4.93. The van der Waals surface area contributed by atoms with Crippen molar-refractivity contribution in [3.05, 3.63) is 11.7 Å². The van der Waals surface area contributed by atoms with Crippen molar-refractivity contribution >= 4 is 5.78 Å². The van der Waals surface area contributed by atoms with Gasteiger partial charge >= 0.3 is 0 Å². The van der Waals surface area contributed by atoms with Crippen molar-refractivity contribution in [1.29, 1.82) is 0 Å². The molecule has 2 heterocycles. The summed E-state index contributed by atoms with van der Waals surface area (Å²) in [7, 11) is 4.13. The second-order valence-electron chi connectivity index (χ2n) is 4.68. The molecule has 0 radical (unpaired) electrons. The van der Waals surface area contributed by atoms with Crippen LogP contribution >= 0.6 is 0 Å². The number of aromatic nitrogens is 2. The Morgan fingerprint density at radius 3 is 2.94 bits per heavy atom. The lowest BCUT2D eigenvalue weighted by molar-refractivity contribution is -0.116. The van der Waals surface area contributed by atoms with Crippen molar-refractivity contribution in [3.63, 3.8) is 0 Å². The molecule has 0 aliphatic carbocycles. The number of carbonyl (C=O) groups excluding carboxylic acids is 1. The Hall–Kier alpha value is -1.27. The molecule has 0 aromatic carbocycles. The zero-order valence-electron chi connectivity index (χ0n) is 10.5. The molecule has 0 amide bonds. The monoisotopic (exact) mass is 238 g/mol. The third-order valence-electron chi connectivity index (χ3n) is 3.03. The standard InChI is InChI=1S/C11H18N4O2/c1-8(16)6-10-12-11(13-17-10)9-7-14(2)4-5-15(9)3/h9H,4-7H2,1-3H3. The van der Waals surface area contributed by atoms with Gasteiger partial charge in [0.25, 0.3) is 0 Å². The normalized spacial score (nSPS) is 22.9. The zero-order valence-corrected chi connectivity index (χ0v) is 10.5. The lowest BCUT2D eigenvalue weighted by atomic mass is 10.2. The first-order valence-electron chi connectivity index (χ1n) is 5.77. The molecule has 6 heteroatoms. The molecule has 0 saturated carbocycles. The molecule has 1 atom stereocenters. The van der Waals surface area contributed by atoms with Crippen LogP contribution in [0.25, 0.3) is 0 Å². The number of hydrogen-bond donors (Lipinski definition) is 0. The van der Waals surface area contributed by atoms with Crippen molar-refractivity contribution < 1.29 is 9.32 Å². The fraction of sp³-hybridized carbons (Fsp3) is 0.727. The molecule has 94 valence electrons. The largest absolute Gasteiger partial charge is 0.339 e. The molecule has 1 fully saturated rings. The minimum absolute atomic E-state index is 0.0364. The van der Waals surface area contributed by atoms with Crippen LogP contribution in [0, 0.1) is 0 Å². The SMILES string of the molecule is CC(=O)Cc1nc(C2CN(C)CCN2C)no1. The molecule has 1 saturated heterocycles. The molecule has 0 spiro atoms. The Kier molecular flexibility index (Phi) is 3.54. The molecule has 2 rings (SSSR count). The van der Waals surface area contributed by atoms with Crippen LogP contribution in [0.15, 0.2) is 4.52 Å². The number of Topliss-reactive ketones (excluding diaryl/α,β-unsaturated/α-hetero) is 1. The maximum Gasteiger partial charge on any atom is 0.234 e. The highest BCUT2D eigenvalue weighted by molar-refractivity contribution is 5.77. The minimum atomic E-state index is 0.0364. The number of hydrogen-bond acceptors (Lipinski definition) is 6. The Balaban J connectivity index is 2.10. The Morgan fingerprint density at radius 2 is 2.24 bits per heavy atom. The van der Waals surface area contributed by atoms with Crippen LogP contribution in [0.5, 0.6) is 0 Å². The summed E-state index contributed by atoms with van der Waals surface area (Å²) in [6.45, 7) is 4.43. The van der Waals surface area contributed by atoms with Gasteiger partial charge in [-0.25, -0.2) is 0 Å². The summed E-state index contributed by atoms with van der Waals surface area (Å²) in [6, 6.07) is 0.151. The van der Waals surface area contributed by atoms with Crippen LogP contribution in [-0.2, 0) is 11.2 Å². The van der Waals surface area contributed by atoms with E-state index in [2.05, 4.69) is 34.0 Å². The van der Waals surface area contributed by atoms with E-state index >= 15 is 0 Å². The van der Waals surface area contributed by atoms with Crippen LogP contribution in [0.2, 0.25) is 0 Å². The Labute approximate surface area is 101 Å². The summed E-state index contributed by atoms with van der Waals surface area (Å²) in [5, 5.41) is 3.97. The maximum absolute atomic E-state index is 11.0. The van der Waals surface area contributed by atoms with E-state index in [0.29, 0.717) is 11.7 Å². The molecule has 6 nitrogen and oxygen atoms in total. The zero-order chi connectivity index (χ0) is 12.4. The molecule has 0 N–H and O–H groups in total. The van der Waals surface area contributed by atoms with E-state index in [9.17, 15) is 4.79 Å². The van der Waals surface area contributed by atoms with Gasteiger partial charge in [-0.15, -0.1) is 0 Å². The van der Waals surface area contributed by atoms with Crippen molar-refractivity contribution in [1.82, 2.24) is 19.9 Å². The smallest absolute Gasteiger partial charge is 0.234 e. The van der Waals surface area contributed by atoms with Crippen LogP contribution < -0.4 is 0 Å². The average Bonchev–Trinajstić information content (AvgIpc) is 2.69. The van der Waals surface area contributed by atoms with E-state index in [-0.39, 0.29) is 18.2 Å². The van der Waals surface area contributed by atoms with Gasteiger partial charge in [-0.1, -0.05) is 5.16 Å². The van der Waals surface area contributed by atoms with Crippen LogP contribution in [0.1, 0.15) is 24.7 Å². The van der Waals surface area contributed by atoms with Gasteiger partial charge in [-0.2, -0.15) is 4.98 Å². The first kappa shape index (κ1) is 12.2. The van der Waals surface area contributed by atoms with Gasteiger partial charge in [0, 0.05) is 19.6 Å². The number of ketones is 1. The topological polar surface area (TPSA) is 62.5 Å². The number of likely N-dealkylation sites (N-methyl/N-ethyl adjacent to an activating group) is 2. The molecule has 1 unspecified atom stereocenters. The maximum atomic E-state index is 11.0. The molecule has 0 bridgehead atoms. The van der Waals surface area contributed by atoms with E-state index < -0.39 is 0 Å². The number of nitrogens with zero attached hydrogens (tertiary/aromatic N) is 4. The van der Waals surface area contributed by atoms with E-state index in [1.165, 1.54) is 6.92 Å². The molecule has 1 aromatic heterocycles. The molecule has 1 aromatic rings. The second-order valence-corrected chi connectivity index (χ2v) is 4.68. The third-order valence-corrected chi connectivity index (χ3v) is 3.03.